The highest BCUT2D eigenvalue weighted by Gasteiger charge is 2.39. The lowest BCUT2D eigenvalue weighted by Crippen LogP contribution is -2.20. The van der Waals surface area contributed by atoms with Gasteiger partial charge in [-0.25, -0.2) is 0 Å². The smallest absolute Gasteiger partial charge is 0.306 e. The first kappa shape index (κ1) is 25.3. The molecule has 1 aromatic carbocycles. The minimum Gasteiger partial charge on any atom is -0.463 e. The zero-order valence-electron chi connectivity index (χ0n) is 18.8. The Hall–Kier alpha value is -1.95. The molecule has 0 heterocycles. The van der Waals surface area contributed by atoms with Gasteiger partial charge in [0.1, 0.15) is 0 Å². The summed E-state index contributed by atoms with van der Waals surface area (Å²) in [7, 11) is 0. The summed E-state index contributed by atoms with van der Waals surface area (Å²) in [6.07, 6.45) is 10.2. The van der Waals surface area contributed by atoms with Crippen molar-refractivity contribution in [1.29, 1.82) is 0 Å². The summed E-state index contributed by atoms with van der Waals surface area (Å²) in [6, 6.07) is 10.0. The fraction of sp³-hybridized carbons (Fsp3) is 0.577. The van der Waals surface area contributed by atoms with Gasteiger partial charge >= 0.3 is 5.97 Å². The molecule has 1 aliphatic rings. The molecule has 0 aromatic heterocycles. The summed E-state index contributed by atoms with van der Waals surface area (Å²) < 4.78 is 5.11. The number of hydrogen-bond acceptors (Lipinski definition) is 5. The maximum Gasteiger partial charge on any atom is 0.306 e. The second-order valence-corrected chi connectivity index (χ2v) is 8.73. The van der Waals surface area contributed by atoms with Gasteiger partial charge in [-0.15, -0.1) is 0 Å². The number of aliphatic hydroxyl groups excluding tert-OH is 3. The Bertz CT molecular complexity index is 697. The Morgan fingerprint density at radius 1 is 1.16 bits per heavy atom. The van der Waals surface area contributed by atoms with Gasteiger partial charge in [-0.05, 0) is 57.4 Å². The van der Waals surface area contributed by atoms with Crippen molar-refractivity contribution in [3.8, 4) is 0 Å². The molecule has 0 saturated heterocycles. The van der Waals surface area contributed by atoms with E-state index in [1.165, 1.54) is 5.56 Å². The fourth-order valence-corrected chi connectivity index (χ4v) is 4.08. The third-order valence-electron chi connectivity index (χ3n) is 5.74. The maximum atomic E-state index is 11.5. The first-order valence-electron chi connectivity index (χ1n) is 11.5. The molecule has 31 heavy (non-hydrogen) atoms. The van der Waals surface area contributed by atoms with E-state index in [-0.39, 0.29) is 23.9 Å². The van der Waals surface area contributed by atoms with Crippen LogP contribution < -0.4 is 0 Å². The second-order valence-electron chi connectivity index (χ2n) is 8.73. The molecule has 1 saturated carbocycles. The average molecular weight is 431 g/mol. The van der Waals surface area contributed by atoms with Crippen LogP contribution in [0.25, 0.3) is 0 Å². The van der Waals surface area contributed by atoms with E-state index in [1.807, 2.05) is 62.4 Å². The Morgan fingerprint density at radius 2 is 1.90 bits per heavy atom. The highest BCUT2D eigenvalue weighted by molar-refractivity contribution is 5.69. The van der Waals surface area contributed by atoms with Crippen LogP contribution in [-0.2, 0) is 16.0 Å². The van der Waals surface area contributed by atoms with Crippen molar-refractivity contribution < 1.29 is 24.9 Å². The molecule has 0 unspecified atom stereocenters. The molecule has 0 spiro atoms. The lowest BCUT2D eigenvalue weighted by atomic mass is 9.89. The zero-order valence-corrected chi connectivity index (χ0v) is 18.8. The number of esters is 1. The molecule has 1 aromatic rings. The standard InChI is InChI=1S/C26H38O5/c1-19(2)31-26(30)13-9-4-3-8-12-22-23(25(29)18-24(22)28)17-16-21(27)15-14-20-10-6-5-7-11-20/h3,5-8,10-11,16-17,19,21-25,27-29H,4,9,12-15,18H2,1-2H3/t21-,22-,23-,24+,25-/m1/s1. The molecule has 3 N–H and O–H groups in total. The van der Waals surface area contributed by atoms with Crippen LogP contribution in [0.2, 0.25) is 0 Å². The van der Waals surface area contributed by atoms with Crippen LogP contribution in [0.4, 0.5) is 0 Å². The van der Waals surface area contributed by atoms with Gasteiger partial charge in [-0.3, -0.25) is 4.79 Å². The molecule has 0 amide bonds. The summed E-state index contributed by atoms with van der Waals surface area (Å²) in [4.78, 5) is 11.5. The van der Waals surface area contributed by atoms with Crippen LogP contribution >= 0.6 is 0 Å². The van der Waals surface area contributed by atoms with E-state index >= 15 is 0 Å². The SMILES string of the molecule is CC(C)OC(=O)CCCC=CC[C@@H]1[C@@H](C=C[C@H](O)CCc2ccccc2)[C@H](O)C[C@@H]1O. The lowest BCUT2D eigenvalue weighted by molar-refractivity contribution is -0.147. The molecule has 1 fully saturated rings. The summed E-state index contributed by atoms with van der Waals surface area (Å²) in [6.45, 7) is 3.68. The quantitative estimate of drug-likeness (QED) is 0.265. The number of allylic oxidation sites excluding steroid dienone is 2. The Morgan fingerprint density at radius 3 is 2.61 bits per heavy atom. The van der Waals surface area contributed by atoms with Crippen molar-refractivity contribution in [2.24, 2.45) is 11.8 Å². The highest BCUT2D eigenvalue weighted by Crippen LogP contribution is 2.36. The molecular weight excluding hydrogens is 392 g/mol. The van der Waals surface area contributed by atoms with Crippen LogP contribution in [0.3, 0.4) is 0 Å². The third-order valence-corrected chi connectivity index (χ3v) is 5.74. The number of rotatable bonds is 12. The first-order chi connectivity index (χ1) is 14.9. The molecular formula is C26H38O5. The molecule has 0 aliphatic heterocycles. The van der Waals surface area contributed by atoms with Gasteiger partial charge in [0, 0.05) is 18.8 Å². The Balaban J connectivity index is 1.77. The summed E-state index contributed by atoms with van der Waals surface area (Å²) in [5.74, 6) is -0.421. The van der Waals surface area contributed by atoms with Gasteiger partial charge in [-0.1, -0.05) is 54.6 Å². The van der Waals surface area contributed by atoms with Crippen molar-refractivity contribution in [2.75, 3.05) is 0 Å². The van der Waals surface area contributed by atoms with Crippen molar-refractivity contribution in [2.45, 2.75) is 83.2 Å². The predicted molar refractivity (Wildman–Crippen MR) is 122 cm³/mol. The molecule has 2 rings (SSSR count). The number of carbonyl (C=O) groups excluding carboxylic acids is 1. The van der Waals surface area contributed by atoms with Gasteiger partial charge in [0.15, 0.2) is 0 Å². The van der Waals surface area contributed by atoms with Gasteiger partial charge in [0.2, 0.25) is 0 Å². The van der Waals surface area contributed by atoms with E-state index in [0.717, 1.165) is 19.3 Å². The van der Waals surface area contributed by atoms with E-state index < -0.39 is 18.3 Å². The summed E-state index contributed by atoms with van der Waals surface area (Å²) in [5.41, 5.74) is 1.19. The minimum atomic E-state index is -0.600. The lowest BCUT2D eigenvalue weighted by Gasteiger charge is -2.19. The van der Waals surface area contributed by atoms with E-state index in [0.29, 0.717) is 25.7 Å². The molecule has 172 valence electrons. The van der Waals surface area contributed by atoms with E-state index in [4.69, 9.17) is 4.74 Å². The largest absolute Gasteiger partial charge is 0.463 e. The topological polar surface area (TPSA) is 87.0 Å². The summed E-state index contributed by atoms with van der Waals surface area (Å²) in [5, 5.41) is 31.0. The normalized spacial score (nSPS) is 25.0. The van der Waals surface area contributed by atoms with Crippen LogP contribution in [0.1, 0.15) is 57.9 Å². The number of hydrogen-bond donors (Lipinski definition) is 3. The highest BCUT2D eigenvalue weighted by atomic mass is 16.5. The number of benzene rings is 1. The molecule has 0 radical (unpaired) electrons. The first-order valence-corrected chi connectivity index (χ1v) is 11.5. The van der Waals surface area contributed by atoms with Crippen LogP contribution in [0.5, 0.6) is 0 Å². The van der Waals surface area contributed by atoms with Crippen molar-refractivity contribution >= 4 is 5.97 Å². The number of carbonyl (C=O) groups is 1. The van der Waals surface area contributed by atoms with Gasteiger partial charge in [0.25, 0.3) is 0 Å². The summed E-state index contributed by atoms with van der Waals surface area (Å²) >= 11 is 0. The van der Waals surface area contributed by atoms with Gasteiger partial charge in [0.05, 0.1) is 24.4 Å². The number of ether oxygens (including phenoxy) is 1. The zero-order chi connectivity index (χ0) is 22.6. The van der Waals surface area contributed by atoms with Crippen molar-refractivity contribution in [3.05, 3.63) is 60.2 Å². The van der Waals surface area contributed by atoms with Crippen LogP contribution in [-0.4, -0.2) is 45.7 Å². The molecule has 5 atom stereocenters. The van der Waals surface area contributed by atoms with E-state index in [1.54, 1.807) is 6.08 Å². The Labute approximate surface area is 186 Å². The number of unbranched alkanes of at least 4 members (excludes halogenated alkanes) is 1. The van der Waals surface area contributed by atoms with Gasteiger partial charge in [-0.2, -0.15) is 0 Å². The average Bonchev–Trinajstić information content (AvgIpc) is 3.00. The third kappa shape index (κ3) is 9.38. The van der Waals surface area contributed by atoms with Crippen LogP contribution in [0.15, 0.2) is 54.6 Å². The van der Waals surface area contributed by atoms with Gasteiger partial charge < -0.3 is 20.1 Å². The van der Waals surface area contributed by atoms with E-state index in [9.17, 15) is 20.1 Å². The number of aryl methyl sites for hydroxylation is 1. The van der Waals surface area contributed by atoms with E-state index in [2.05, 4.69) is 0 Å². The number of aliphatic hydroxyl groups is 3. The second kappa shape index (κ2) is 13.5. The predicted octanol–water partition coefficient (Wildman–Crippen LogP) is 3.96. The molecule has 0 bridgehead atoms. The van der Waals surface area contributed by atoms with Crippen molar-refractivity contribution in [1.82, 2.24) is 0 Å². The Kier molecular flexibility index (Phi) is 11.0. The monoisotopic (exact) mass is 430 g/mol. The molecule has 1 aliphatic carbocycles. The maximum absolute atomic E-state index is 11.5. The minimum absolute atomic E-state index is 0.0743. The fourth-order valence-electron chi connectivity index (χ4n) is 4.08. The van der Waals surface area contributed by atoms with Crippen LogP contribution in [0, 0.1) is 11.8 Å². The molecule has 5 nitrogen and oxygen atoms in total. The van der Waals surface area contributed by atoms with Crippen molar-refractivity contribution in [3.63, 3.8) is 0 Å². The molecule has 5 heteroatoms.